The highest BCUT2D eigenvalue weighted by Crippen LogP contribution is 2.27. The zero-order chi connectivity index (χ0) is 14.7. The van der Waals surface area contributed by atoms with E-state index in [-0.39, 0.29) is 11.8 Å². The van der Waals surface area contributed by atoms with Crippen molar-refractivity contribution in [3.63, 3.8) is 0 Å². The van der Waals surface area contributed by atoms with Gasteiger partial charge in [-0.15, -0.1) is 10.2 Å². The lowest BCUT2D eigenvalue weighted by atomic mass is 10.1. The third-order valence-corrected chi connectivity index (χ3v) is 3.74. The van der Waals surface area contributed by atoms with Crippen molar-refractivity contribution < 1.29 is 9.90 Å². The van der Waals surface area contributed by atoms with Gasteiger partial charge in [-0.2, -0.15) is 0 Å². The molecule has 0 bridgehead atoms. The molecule has 0 aliphatic carbocycles. The van der Waals surface area contributed by atoms with Crippen LogP contribution in [0.15, 0.2) is 29.4 Å². The van der Waals surface area contributed by atoms with Crippen LogP contribution in [0.25, 0.3) is 11.4 Å². The minimum atomic E-state index is -0.856. The Balaban J connectivity index is 2.38. The Hall–Kier alpha value is -1.82. The molecule has 0 fully saturated rings. The van der Waals surface area contributed by atoms with Gasteiger partial charge in [-0.3, -0.25) is 9.36 Å². The Morgan fingerprint density at radius 2 is 1.95 bits per heavy atom. The van der Waals surface area contributed by atoms with E-state index >= 15 is 0 Å². The second-order valence-corrected chi connectivity index (χ2v) is 5.76. The molecule has 20 heavy (non-hydrogen) atoms. The number of thioether (sulfide) groups is 1. The molecule has 0 saturated heterocycles. The van der Waals surface area contributed by atoms with E-state index in [0.29, 0.717) is 5.16 Å². The molecule has 1 N–H and O–H groups in total. The van der Waals surface area contributed by atoms with Gasteiger partial charge in [0.15, 0.2) is 11.0 Å². The monoisotopic (exact) mass is 291 g/mol. The highest BCUT2D eigenvalue weighted by Gasteiger charge is 2.17. The van der Waals surface area contributed by atoms with Crippen LogP contribution in [-0.4, -0.2) is 31.6 Å². The summed E-state index contributed by atoms with van der Waals surface area (Å²) in [6.45, 7) is 6.10. The van der Waals surface area contributed by atoms with Gasteiger partial charge in [-0.1, -0.05) is 41.6 Å². The smallest absolute Gasteiger partial charge is 0.313 e. The minimum Gasteiger partial charge on any atom is -0.481 e. The molecule has 0 aliphatic rings. The van der Waals surface area contributed by atoms with E-state index in [2.05, 4.69) is 10.2 Å². The maximum Gasteiger partial charge on any atom is 0.313 e. The number of carbonyl (C=O) groups is 1. The molecule has 1 aromatic heterocycles. The van der Waals surface area contributed by atoms with Gasteiger partial charge in [0.05, 0.1) is 5.75 Å². The molecule has 0 amide bonds. The molecule has 1 heterocycles. The molecule has 106 valence electrons. The minimum absolute atomic E-state index is 0.0151. The molecule has 0 saturated carbocycles. The van der Waals surface area contributed by atoms with Crippen LogP contribution in [0, 0.1) is 6.92 Å². The first-order valence-electron chi connectivity index (χ1n) is 6.35. The largest absolute Gasteiger partial charge is 0.481 e. The van der Waals surface area contributed by atoms with Crippen LogP contribution in [0.1, 0.15) is 25.5 Å². The van der Waals surface area contributed by atoms with Crippen molar-refractivity contribution >= 4 is 17.7 Å². The molecule has 2 rings (SSSR count). The lowest BCUT2D eigenvalue weighted by Gasteiger charge is -2.13. The normalized spacial score (nSPS) is 11.0. The van der Waals surface area contributed by atoms with E-state index in [1.807, 2.05) is 49.6 Å². The zero-order valence-electron chi connectivity index (χ0n) is 11.7. The molecule has 0 spiro atoms. The van der Waals surface area contributed by atoms with Crippen molar-refractivity contribution in [3.8, 4) is 11.4 Å². The summed E-state index contributed by atoms with van der Waals surface area (Å²) in [5.41, 5.74) is 2.17. The first-order valence-corrected chi connectivity index (χ1v) is 7.34. The summed E-state index contributed by atoms with van der Waals surface area (Å²) in [4.78, 5) is 10.7. The van der Waals surface area contributed by atoms with Crippen LogP contribution in [0.2, 0.25) is 0 Å². The lowest BCUT2D eigenvalue weighted by Crippen LogP contribution is -2.07. The second kappa shape index (κ2) is 6.09. The first-order chi connectivity index (χ1) is 9.49. The van der Waals surface area contributed by atoms with Crippen LogP contribution in [0.4, 0.5) is 0 Å². The summed E-state index contributed by atoms with van der Waals surface area (Å²) in [5.74, 6) is -0.100. The Labute approximate surface area is 122 Å². The molecular formula is C14H17N3O2S. The number of aliphatic carboxylic acids is 1. The fraction of sp³-hybridized carbons (Fsp3) is 0.357. The first kappa shape index (κ1) is 14.6. The molecule has 0 atom stereocenters. The quantitative estimate of drug-likeness (QED) is 0.858. The Bertz CT molecular complexity index is 605. The van der Waals surface area contributed by atoms with Gasteiger partial charge < -0.3 is 5.11 Å². The molecule has 0 radical (unpaired) electrons. The van der Waals surface area contributed by atoms with Crippen LogP contribution in [0.5, 0.6) is 0 Å². The van der Waals surface area contributed by atoms with Gasteiger partial charge in [-0.25, -0.2) is 0 Å². The number of aryl methyl sites for hydroxylation is 1. The summed E-state index contributed by atoms with van der Waals surface area (Å²) in [7, 11) is 0. The van der Waals surface area contributed by atoms with Crippen LogP contribution < -0.4 is 0 Å². The fourth-order valence-electron chi connectivity index (χ4n) is 1.87. The third-order valence-electron chi connectivity index (χ3n) is 2.82. The topological polar surface area (TPSA) is 68.0 Å². The van der Waals surface area contributed by atoms with E-state index in [1.165, 1.54) is 17.3 Å². The van der Waals surface area contributed by atoms with E-state index in [4.69, 9.17) is 5.11 Å². The van der Waals surface area contributed by atoms with Gasteiger partial charge in [0, 0.05) is 11.6 Å². The van der Waals surface area contributed by atoms with Gasteiger partial charge in [0.2, 0.25) is 0 Å². The van der Waals surface area contributed by atoms with Crippen molar-refractivity contribution in [1.29, 1.82) is 0 Å². The molecule has 6 heteroatoms. The van der Waals surface area contributed by atoms with Crippen molar-refractivity contribution in [1.82, 2.24) is 14.8 Å². The van der Waals surface area contributed by atoms with Crippen molar-refractivity contribution in [2.75, 3.05) is 5.75 Å². The van der Waals surface area contributed by atoms with Gasteiger partial charge in [0.1, 0.15) is 0 Å². The zero-order valence-corrected chi connectivity index (χ0v) is 12.5. The summed E-state index contributed by atoms with van der Waals surface area (Å²) >= 11 is 1.19. The predicted octanol–water partition coefficient (Wildman–Crippen LogP) is 3.01. The number of nitrogens with zero attached hydrogens (tertiary/aromatic N) is 3. The number of benzene rings is 1. The van der Waals surface area contributed by atoms with Crippen molar-refractivity contribution in [3.05, 3.63) is 29.8 Å². The van der Waals surface area contributed by atoms with Crippen LogP contribution >= 0.6 is 11.8 Å². The number of hydrogen-bond donors (Lipinski definition) is 1. The second-order valence-electron chi connectivity index (χ2n) is 4.82. The van der Waals surface area contributed by atoms with E-state index in [9.17, 15) is 4.79 Å². The van der Waals surface area contributed by atoms with E-state index in [0.717, 1.165) is 11.4 Å². The van der Waals surface area contributed by atoms with Crippen LogP contribution in [0.3, 0.4) is 0 Å². The number of rotatable bonds is 5. The summed E-state index contributed by atoms with van der Waals surface area (Å²) in [6, 6.07) is 8.23. The number of carboxylic acid groups (broad SMARTS) is 1. The highest BCUT2D eigenvalue weighted by molar-refractivity contribution is 7.99. The summed E-state index contributed by atoms with van der Waals surface area (Å²) in [6.07, 6.45) is 0. The molecule has 0 aliphatic heterocycles. The lowest BCUT2D eigenvalue weighted by molar-refractivity contribution is -0.133. The number of aromatic nitrogens is 3. The van der Waals surface area contributed by atoms with Gasteiger partial charge >= 0.3 is 5.97 Å². The van der Waals surface area contributed by atoms with Gasteiger partial charge in [-0.05, 0) is 20.8 Å². The standard InChI is InChI=1S/C14H17N3O2S/c1-9(2)17-13(11-6-4-10(3)5-7-11)15-16-14(17)20-8-12(18)19/h4-7,9H,8H2,1-3H3,(H,18,19). The average Bonchev–Trinajstić information content (AvgIpc) is 2.81. The van der Waals surface area contributed by atoms with Gasteiger partial charge in [0.25, 0.3) is 0 Å². The highest BCUT2D eigenvalue weighted by atomic mass is 32.2. The number of hydrogen-bond acceptors (Lipinski definition) is 4. The van der Waals surface area contributed by atoms with Crippen molar-refractivity contribution in [2.45, 2.75) is 32.0 Å². The van der Waals surface area contributed by atoms with E-state index in [1.54, 1.807) is 0 Å². The van der Waals surface area contributed by atoms with Crippen molar-refractivity contribution in [2.24, 2.45) is 0 Å². The molecule has 0 unspecified atom stereocenters. The average molecular weight is 291 g/mol. The Morgan fingerprint density at radius 1 is 1.30 bits per heavy atom. The maximum absolute atomic E-state index is 10.7. The summed E-state index contributed by atoms with van der Waals surface area (Å²) in [5, 5.41) is 17.8. The number of carboxylic acids is 1. The molecule has 5 nitrogen and oxygen atoms in total. The fourth-order valence-corrected chi connectivity index (χ4v) is 2.65. The Morgan fingerprint density at radius 3 is 2.50 bits per heavy atom. The molecule has 1 aromatic carbocycles. The molecular weight excluding hydrogens is 274 g/mol. The summed E-state index contributed by atoms with van der Waals surface area (Å²) < 4.78 is 1.97. The SMILES string of the molecule is Cc1ccc(-c2nnc(SCC(=O)O)n2C(C)C)cc1. The third kappa shape index (κ3) is 3.19. The maximum atomic E-state index is 10.7. The predicted molar refractivity (Wildman–Crippen MR) is 78.9 cm³/mol. The van der Waals surface area contributed by atoms with E-state index < -0.39 is 5.97 Å². The van der Waals surface area contributed by atoms with Crippen LogP contribution in [-0.2, 0) is 4.79 Å². The molecule has 2 aromatic rings. The Kier molecular flexibility index (Phi) is 4.44.